The Morgan fingerprint density at radius 3 is 2.13 bits per heavy atom. The third kappa shape index (κ3) is 8.27. The van der Waals surface area contributed by atoms with Gasteiger partial charge in [0.05, 0.1) is 6.54 Å². The maximum absolute atomic E-state index is 13.6. The first kappa shape index (κ1) is 34.1. The van der Waals surface area contributed by atoms with E-state index in [-0.39, 0.29) is 23.5 Å². The summed E-state index contributed by atoms with van der Waals surface area (Å²) in [4.78, 5) is 12.4. The lowest BCUT2D eigenvalue weighted by Gasteiger charge is -2.31. The minimum absolute atomic E-state index is 0.126. The number of amides is 1. The molecule has 4 rings (SSSR count). The molecule has 45 heavy (non-hydrogen) atoms. The fraction of sp³-hybridized carbons (Fsp3) is 0.400. The molecule has 0 aromatic heterocycles. The van der Waals surface area contributed by atoms with Crippen molar-refractivity contribution in [1.82, 2.24) is 4.90 Å². The van der Waals surface area contributed by atoms with Gasteiger partial charge in [0.2, 0.25) is 5.91 Å². The lowest BCUT2D eigenvalue weighted by Crippen LogP contribution is -2.57. The van der Waals surface area contributed by atoms with Gasteiger partial charge >= 0.3 is 18.0 Å². The minimum Gasteiger partial charge on any atom is -0.508 e. The van der Waals surface area contributed by atoms with Crippen molar-refractivity contribution in [2.45, 2.75) is 75.8 Å². The fourth-order valence-corrected chi connectivity index (χ4v) is 5.55. The maximum Gasteiger partial charge on any atom is 0.459 e. The quantitative estimate of drug-likeness (QED) is 0.150. The van der Waals surface area contributed by atoms with Gasteiger partial charge in [0.25, 0.3) is 0 Å². The number of nitrogens with zero attached hydrogens (tertiary/aromatic N) is 1. The molecular formula is C35H36F7NO2. The predicted octanol–water partition coefficient (Wildman–Crippen LogP) is 9.46. The molecule has 1 aliphatic rings. The Morgan fingerprint density at radius 2 is 1.49 bits per heavy atom. The van der Waals surface area contributed by atoms with Crippen molar-refractivity contribution in [2.24, 2.45) is 0 Å². The number of fused-ring (bicyclic) bond motifs is 1. The summed E-state index contributed by atoms with van der Waals surface area (Å²) in [7, 11) is 0.780. The summed E-state index contributed by atoms with van der Waals surface area (Å²) < 4.78 is 90.7. The molecule has 0 saturated heterocycles. The number of hydrogen-bond donors (Lipinski definition) is 1. The standard InChI is InChI=1S/C35H36F7NO2/c1-43(23-33(36,37)34(38,39)35(40,41)42)32(45)21-16-25-14-12-24(13-15-25)8-4-2-7-11-31-29(26-9-5-3-6-10-26)19-17-27-22-28(44)18-20-30(27)31/h5,9-10,12-15,17-20,22,44H,2-4,6-8,11,16,21,23H2,1H3. The number of phenolic OH excluding ortho intramolecular Hbond substituents is 1. The van der Waals surface area contributed by atoms with E-state index >= 15 is 0 Å². The average Bonchev–Trinajstić information content (AvgIpc) is 2.99. The molecule has 0 unspecified atom stereocenters. The molecule has 1 aliphatic carbocycles. The van der Waals surface area contributed by atoms with Crippen LogP contribution in [-0.2, 0) is 24.1 Å². The van der Waals surface area contributed by atoms with Crippen molar-refractivity contribution in [1.29, 1.82) is 0 Å². The van der Waals surface area contributed by atoms with Crippen molar-refractivity contribution in [2.75, 3.05) is 13.6 Å². The van der Waals surface area contributed by atoms with E-state index in [1.807, 2.05) is 24.3 Å². The van der Waals surface area contributed by atoms with Crippen molar-refractivity contribution < 1.29 is 40.6 Å². The SMILES string of the molecule is CN(CC(F)(F)C(F)(F)C(F)(F)F)C(=O)CCc1ccc(CCCCCc2c(C3=CCCC=C3)ccc3cc(O)ccc23)cc1. The number of alkyl halides is 7. The van der Waals surface area contributed by atoms with Crippen LogP contribution >= 0.6 is 0 Å². The Hall–Kier alpha value is -3.82. The minimum atomic E-state index is -6.43. The van der Waals surface area contributed by atoms with Crippen molar-refractivity contribution in [3.63, 3.8) is 0 Å². The zero-order valence-corrected chi connectivity index (χ0v) is 24.9. The molecule has 3 aromatic carbocycles. The monoisotopic (exact) mass is 635 g/mol. The van der Waals surface area contributed by atoms with Crippen LogP contribution in [0.3, 0.4) is 0 Å². The van der Waals surface area contributed by atoms with E-state index in [0.717, 1.165) is 68.3 Å². The first-order valence-corrected chi connectivity index (χ1v) is 15.0. The highest BCUT2D eigenvalue weighted by Crippen LogP contribution is 2.46. The second-order valence-corrected chi connectivity index (χ2v) is 11.5. The zero-order valence-electron chi connectivity index (χ0n) is 24.9. The zero-order chi connectivity index (χ0) is 32.8. The van der Waals surface area contributed by atoms with E-state index in [1.54, 1.807) is 24.3 Å². The van der Waals surface area contributed by atoms with Crippen molar-refractivity contribution in [3.05, 3.63) is 95.1 Å². The molecule has 0 bridgehead atoms. The smallest absolute Gasteiger partial charge is 0.459 e. The van der Waals surface area contributed by atoms with Crippen LogP contribution in [0.1, 0.15) is 60.8 Å². The molecule has 0 aliphatic heterocycles. The topological polar surface area (TPSA) is 40.5 Å². The van der Waals surface area contributed by atoms with Crippen LogP contribution in [0.5, 0.6) is 5.75 Å². The molecule has 0 atom stereocenters. The molecule has 3 nitrogen and oxygen atoms in total. The van der Waals surface area contributed by atoms with Crippen LogP contribution in [0.25, 0.3) is 16.3 Å². The number of phenols is 1. The van der Waals surface area contributed by atoms with Crippen LogP contribution < -0.4 is 0 Å². The van der Waals surface area contributed by atoms with Gasteiger partial charge in [-0.2, -0.15) is 30.7 Å². The maximum atomic E-state index is 13.6. The van der Waals surface area contributed by atoms with Gasteiger partial charge in [-0.1, -0.05) is 67.1 Å². The summed E-state index contributed by atoms with van der Waals surface area (Å²) in [6.07, 6.45) is 6.69. The number of benzene rings is 3. The lowest BCUT2D eigenvalue weighted by molar-refractivity contribution is -0.355. The number of aryl methyl sites for hydroxylation is 3. The summed E-state index contributed by atoms with van der Waals surface area (Å²) in [6.45, 7) is -2.04. The number of aromatic hydroxyl groups is 1. The van der Waals surface area contributed by atoms with Gasteiger partial charge in [0, 0.05) is 13.5 Å². The summed E-state index contributed by atoms with van der Waals surface area (Å²) in [5.74, 6) is -12.4. The number of hydrogen-bond acceptors (Lipinski definition) is 2. The third-order valence-electron chi connectivity index (χ3n) is 8.14. The van der Waals surface area contributed by atoms with Crippen molar-refractivity contribution >= 4 is 22.3 Å². The molecule has 0 spiro atoms. The molecule has 1 amide bonds. The van der Waals surface area contributed by atoms with Crippen LogP contribution in [0, 0.1) is 0 Å². The molecule has 0 fully saturated rings. The highest BCUT2D eigenvalue weighted by Gasteiger charge is 2.73. The fourth-order valence-electron chi connectivity index (χ4n) is 5.55. The van der Waals surface area contributed by atoms with Crippen LogP contribution in [-0.4, -0.2) is 47.5 Å². The van der Waals surface area contributed by atoms with Gasteiger partial charge in [-0.3, -0.25) is 4.79 Å². The normalized spacial score (nSPS) is 14.1. The number of rotatable bonds is 13. The van der Waals surface area contributed by atoms with E-state index in [1.165, 1.54) is 16.7 Å². The van der Waals surface area contributed by atoms with Crippen LogP contribution in [0.4, 0.5) is 30.7 Å². The first-order chi connectivity index (χ1) is 21.2. The Kier molecular flexibility index (Phi) is 10.7. The van der Waals surface area contributed by atoms with Crippen LogP contribution in [0.15, 0.2) is 72.8 Å². The van der Waals surface area contributed by atoms with E-state index in [0.29, 0.717) is 5.56 Å². The summed E-state index contributed by atoms with van der Waals surface area (Å²) in [5, 5.41) is 12.1. The van der Waals surface area contributed by atoms with E-state index in [4.69, 9.17) is 0 Å². The highest BCUT2D eigenvalue weighted by atomic mass is 19.4. The van der Waals surface area contributed by atoms with Gasteiger partial charge in [0.15, 0.2) is 0 Å². The molecular weight excluding hydrogens is 599 g/mol. The molecule has 1 N–H and O–H groups in total. The Bertz CT molecular complexity index is 1540. The molecule has 3 aromatic rings. The summed E-state index contributed by atoms with van der Waals surface area (Å²) in [6, 6.07) is 17.0. The number of carbonyl (C=O) groups excluding carboxylic acids is 1. The van der Waals surface area contributed by atoms with Gasteiger partial charge in [-0.25, -0.2) is 0 Å². The molecule has 0 radical (unpaired) electrons. The first-order valence-electron chi connectivity index (χ1n) is 15.0. The van der Waals surface area contributed by atoms with Gasteiger partial charge in [0.1, 0.15) is 5.75 Å². The van der Waals surface area contributed by atoms with E-state index in [2.05, 4.69) is 24.3 Å². The number of halogens is 7. The highest BCUT2D eigenvalue weighted by molar-refractivity contribution is 5.93. The number of carbonyl (C=O) groups is 1. The second kappa shape index (κ2) is 14.1. The lowest BCUT2D eigenvalue weighted by atomic mass is 9.88. The summed E-state index contributed by atoms with van der Waals surface area (Å²) in [5.41, 5.74) is 5.51. The summed E-state index contributed by atoms with van der Waals surface area (Å²) >= 11 is 0. The van der Waals surface area contributed by atoms with Gasteiger partial charge in [-0.05, 0) is 95.7 Å². The van der Waals surface area contributed by atoms with E-state index < -0.39 is 30.5 Å². The Labute approximate surface area is 258 Å². The molecule has 10 heteroatoms. The van der Waals surface area contributed by atoms with Gasteiger partial charge in [-0.15, -0.1) is 0 Å². The molecule has 0 heterocycles. The predicted molar refractivity (Wildman–Crippen MR) is 162 cm³/mol. The molecule has 0 saturated carbocycles. The third-order valence-corrected chi connectivity index (χ3v) is 8.14. The number of unbranched alkanes of at least 4 members (excludes halogenated alkanes) is 2. The van der Waals surface area contributed by atoms with Crippen molar-refractivity contribution in [3.8, 4) is 5.75 Å². The second-order valence-electron chi connectivity index (χ2n) is 11.5. The largest absolute Gasteiger partial charge is 0.508 e. The van der Waals surface area contributed by atoms with E-state index in [9.17, 15) is 40.6 Å². The average molecular weight is 636 g/mol. The number of allylic oxidation sites excluding steroid dienone is 4. The Balaban J connectivity index is 1.26. The molecule has 242 valence electrons. The Morgan fingerprint density at radius 1 is 0.822 bits per heavy atom. The van der Waals surface area contributed by atoms with Gasteiger partial charge < -0.3 is 10.0 Å². The van der Waals surface area contributed by atoms with Crippen LogP contribution in [0.2, 0.25) is 0 Å².